The van der Waals surface area contributed by atoms with E-state index >= 15 is 0 Å². The number of nitrogens with zero attached hydrogens (tertiary/aromatic N) is 4. The van der Waals surface area contributed by atoms with E-state index in [9.17, 15) is 13.6 Å². The highest BCUT2D eigenvalue weighted by atomic mass is 19.1. The van der Waals surface area contributed by atoms with E-state index in [4.69, 9.17) is 4.74 Å². The molecule has 2 aliphatic rings. The van der Waals surface area contributed by atoms with E-state index in [1.165, 1.54) is 4.90 Å². The number of halogens is 2. The van der Waals surface area contributed by atoms with Crippen molar-refractivity contribution < 1.29 is 18.3 Å². The van der Waals surface area contributed by atoms with Gasteiger partial charge < -0.3 is 9.64 Å². The Morgan fingerprint density at radius 2 is 2.19 bits per heavy atom. The van der Waals surface area contributed by atoms with Gasteiger partial charge in [0.1, 0.15) is 0 Å². The lowest BCUT2D eigenvalue weighted by atomic mass is 10.1. The number of fused-ring (bicyclic) bond motifs is 1. The fourth-order valence-electron chi connectivity index (χ4n) is 3.59. The molecule has 2 fully saturated rings. The molecular weight excluding hydrogens is 342 g/mol. The Kier molecular flexibility index (Phi) is 4.60. The van der Waals surface area contributed by atoms with Gasteiger partial charge in [-0.15, -0.1) is 0 Å². The first-order valence-electron chi connectivity index (χ1n) is 8.46. The summed E-state index contributed by atoms with van der Waals surface area (Å²) in [4.78, 5) is 23.8. The van der Waals surface area contributed by atoms with Crippen LogP contribution in [0.25, 0.3) is 0 Å². The zero-order chi connectivity index (χ0) is 18.1. The molecule has 0 aliphatic carbocycles. The number of pyridine rings is 2. The van der Waals surface area contributed by atoms with Gasteiger partial charge in [0.2, 0.25) is 5.95 Å². The Morgan fingerprint density at radius 1 is 1.31 bits per heavy atom. The van der Waals surface area contributed by atoms with E-state index < -0.39 is 17.7 Å². The van der Waals surface area contributed by atoms with E-state index in [-0.39, 0.29) is 17.7 Å². The minimum Gasteiger partial charge on any atom is -0.373 e. The number of hydrogen-bond donors (Lipinski definition) is 0. The van der Waals surface area contributed by atoms with Gasteiger partial charge >= 0.3 is 0 Å². The molecule has 2 atom stereocenters. The maximum absolute atomic E-state index is 13.9. The second-order valence-electron chi connectivity index (χ2n) is 6.51. The third kappa shape index (κ3) is 3.30. The van der Waals surface area contributed by atoms with Gasteiger partial charge in [-0.2, -0.15) is 4.39 Å². The van der Waals surface area contributed by atoms with E-state index in [2.05, 4.69) is 14.9 Å². The van der Waals surface area contributed by atoms with Crippen molar-refractivity contribution in [1.82, 2.24) is 19.8 Å². The van der Waals surface area contributed by atoms with Crippen LogP contribution in [0.2, 0.25) is 0 Å². The average Bonchev–Trinajstić information content (AvgIpc) is 3.09. The van der Waals surface area contributed by atoms with Crippen molar-refractivity contribution in [3.05, 3.63) is 59.7 Å². The van der Waals surface area contributed by atoms with Crippen LogP contribution < -0.4 is 0 Å². The minimum atomic E-state index is -0.874. The highest BCUT2D eigenvalue weighted by molar-refractivity contribution is 5.94. The smallest absolute Gasteiger partial charge is 0.257 e. The molecule has 8 heteroatoms. The molecule has 2 aromatic heterocycles. The Morgan fingerprint density at radius 3 is 3.00 bits per heavy atom. The van der Waals surface area contributed by atoms with Gasteiger partial charge in [0.15, 0.2) is 5.82 Å². The van der Waals surface area contributed by atoms with E-state index in [0.717, 1.165) is 24.4 Å². The molecule has 26 heavy (non-hydrogen) atoms. The molecule has 2 saturated heterocycles. The van der Waals surface area contributed by atoms with Crippen molar-refractivity contribution in [3.63, 3.8) is 0 Å². The van der Waals surface area contributed by atoms with E-state index in [0.29, 0.717) is 26.2 Å². The van der Waals surface area contributed by atoms with Crippen LogP contribution in [0.4, 0.5) is 8.78 Å². The van der Waals surface area contributed by atoms with Gasteiger partial charge in [0, 0.05) is 44.6 Å². The lowest BCUT2D eigenvalue weighted by Gasteiger charge is -2.36. The molecule has 0 radical (unpaired) electrons. The zero-order valence-electron chi connectivity index (χ0n) is 14.0. The fraction of sp³-hybridized carbons (Fsp3) is 0.389. The molecule has 0 unspecified atom stereocenters. The largest absolute Gasteiger partial charge is 0.373 e. The molecule has 4 heterocycles. The highest BCUT2D eigenvalue weighted by Crippen LogP contribution is 2.26. The van der Waals surface area contributed by atoms with E-state index in [1.54, 1.807) is 6.20 Å². The number of likely N-dealkylation sites (tertiary alicyclic amines) is 1. The van der Waals surface area contributed by atoms with Crippen molar-refractivity contribution in [2.24, 2.45) is 0 Å². The van der Waals surface area contributed by atoms with Crippen LogP contribution in [0.3, 0.4) is 0 Å². The molecular formula is C18H18F2N4O2. The summed E-state index contributed by atoms with van der Waals surface area (Å²) in [5, 5.41) is 0. The second-order valence-corrected chi connectivity index (χ2v) is 6.51. The summed E-state index contributed by atoms with van der Waals surface area (Å²) < 4.78 is 33.0. The summed E-state index contributed by atoms with van der Waals surface area (Å²) in [5.41, 5.74) is 0.787. The minimum absolute atomic E-state index is 0.0163. The number of carbonyl (C=O) groups excluding carboxylic acids is 1. The Hall–Kier alpha value is -2.45. The molecule has 2 aromatic rings. The number of amides is 1. The van der Waals surface area contributed by atoms with Gasteiger partial charge in [0.25, 0.3) is 5.91 Å². The molecule has 0 spiro atoms. The van der Waals surface area contributed by atoms with Crippen molar-refractivity contribution >= 4 is 5.91 Å². The third-order valence-corrected chi connectivity index (χ3v) is 4.86. The lowest BCUT2D eigenvalue weighted by Crippen LogP contribution is -2.50. The number of ether oxygens (including phenoxy) is 1. The summed E-state index contributed by atoms with van der Waals surface area (Å²) in [6.07, 6.45) is 4.14. The molecule has 2 aliphatic heterocycles. The van der Waals surface area contributed by atoms with Gasteiger partial charge in [-0.05, 0) is 11.6 Å². The van der Waals surface area contributed by atoms with Crippen LogP contribution in [-0.2, 0) is 11.3 Å². The molecule has 0 bridgehead atoms. The van der Waals surface area contributed by atoms with E-state index in [1.807, 2.05) is 18.3 Å². The van der Waals surface area contributed by atoms with Crippen LogP contribution in [0.1, 0.15) is 15.9 Å². The Bertz CT molecular complexity index is 805. The number of hydrogen-bond acceptors (Lipinski definition) is 5. The monoisotopic (exact) mass is 360 g/mol. The predicted octanol–water partition coefficient (Wildman–Crippen LogP) is 1.48. The zero-order valence-corrected chi connectivity index (χ0v) is 14.0. The van der Waals surface area contributed by atoms with Gasteiger partial charge in [-0.3, -0.25) is 14.7 Å². The average molecular weight is 360 g/mol. The van der Waals surface area contributed by atoms with Crippen LogP contribution >= 0.6 is 0 Å². The van der Waals surface area contributed by atoms with Gasteiger partial charge in [-0.25, -0.2) is 9.37 Å². The number of carbonyl (C=O) groups is 1. The van der Waals surface area contributed by atoms with Crippen molar-refractivity contribution in [2.45, 2.75) is 18.7 Å². The topological polar surface area (TPSA) is 58.6 Å². The maximum Gasteiger partial charge on any atom is 0.257 e. The van der Waals surface area contributed by atoms with Gasteiger partial charge in [0.05, 0.1) is 30.5 Å². The lowest BCUT2D eigenvalue weighted by molar-refractivity contribution is -0.0503. The number of rotatable bonds is 3. The summed E-state index contributed by atoms with van der Waals surface area (Å²) in [5.74, 6) is -2.23. The van der Waals surface area contributed by atoms with Crippen LogP contribution in [0.15, 0.2) is 36.8 Å². The van der Waals surface area contributed by atoms with Crippen LogP contribution in [0.5, 0.6) is 0 Å². The molecule has 6 nitrogen and oxygen atoms in total. The Labute approximate surface area is 149 Å². The normalized spacial score (nSPS) is 23.1. The summed E-state index contributed by atoms with van der Waals surface area (Å²) in [7, 11) is 0. The fourth-order valence-corrected chi connectivity index (χ4v) is 3.59. The van der Waals surface area contributed by atoms with Gasteiger partial charge in [-0.1, -0.05) is 6.07 Å². The molecule has 0 aromatic carbocycles. The maximum atomic E-state index is 13.9. The predicted molar refractivity (Wildman–Crippen MR) is 88.2 cm³/mol. The summed E-state index contributed by atoms with van der Waals surface area (Å²) >= 11 is 0. The molecule has 0 saturated carbocycles. The Balaban J connectivity index is 1.50. The standard InChI is InChI=1S/C18H18F2N4O2/c19-14-8-22-17(20)6-13(14)18(25)24-10-15-16(11-24)26-5-4-23(15)9-12-2-1-3-21-7-12/h1-3,6-8,15-16H,4-5,9-11H2/t15-,16+/m1/s1. The molecule has 4 rings (SSSR count). The molecule has 136 valence electrons. The first-order valence-corrected chi connectivity index (χ1v) is 8.46. The van der Waals surface area contributed by atoms with Crippen LogP contribution in [0, 0.1) is 11.8 Å². The quantitative estimate of drug-likeness (QED) is 0.776. The second kappa shape index (κ2) is 7.05. The third-order valence-electron chi connectivity index (χ3n) is 4.86. The van der Waals surface area contributed by atoms with Crippen molar-refractivity contribution in [2.75, 3.05) is 26.2 Å². The molecule has 1 amide bonds. The SMILES string of the molecule is O=C(c1cc(F)ncc1F)N1C[C@@H]2OCCN(Cc3cccnc3)[C@@H]2C1. The van der Waals surface area contributed by atoms with Crippen molar-refractivity contribution in [1.29, 1.82) is 0 Å². The summed E-state index contributed by atoms with van der Waals surface area (Å²) in [6.45, 7) is 2.79. The van der Waals surface area contributed by atoms with Crippen LogP contribution in [-0.4, -0.2) is 64.1 Å². The number of aromatic nitrogens is 2. The summed E-state index contributed by atoms with van der Waals surface area (Å²) in [6, 6.07) is 4.75. The first-order chi connectivity index (χ1) is 12.6. The first kappa shape index (κ1) is 17.0. The molecule has 0 N–H and O–H groups in total. The highest BCUT2D eigenvalue weighted by Gasteiger charge is 2.42. The number of morpholine rings is 1. The van der Waals surface area contributed by atoms with Crippen molar-refractivity contribution in [3.8, 4) is 0 Å².